The van der Waals surface area contributed by atoms with Gasteiger partial charge in [0.25, 0.3) is 0 Å². The molecular formula is C16H21N3O. The lowest BCUT2D eigenvalue weighted by atomic mass is 9.99. The predicted octanol–water partition coefficient (Wildman–Crippen LogP) is 2.66. The molecule has 0 spiro atoms. The highest BCUT2D eigenvalue weighted by molar-refractivity contribution is 5.56. The quantitative estimate of drug-likeness (QED) is 0.928. The maximum Gasteiger partial charge on any atom is 0.156 e. The molecule has 106 valence electrons. The Morgan fingerprint density at radius 1 is 1.35 bits per heavy atom. The smallest absolute Gasteiger partial charge is 0.156 e. The van der Waals surface area contributed by atoms with Crippen molar-refractivity contribution in [1.29, 1.82) is 0 Å². The molecule has 3 rings (SSSR count). The number of hydrogen-bond donors (Lipinski definition) is 1. The lowest BCUT2D eigenvalue weighted by Gasteiger charge is -2.30. The van der Waals surface area contributed by atoms with E-state index in [0.29, 0.717) is 0 Å². The van der Waals surface area contributed by atoms with Gasteiger partial charge in [0, 0.05) is 24.8 Å². The van der Waals surface area contributed by atoms with Crippen LogP contribution in [0.4, 0.5) is 5.69 Å². The van der Waals surface area contributed by atoms with Crippen LogP contribution in [0.5, 0.6) is 0 Å². The maximum absolute atomic E-state index is 5.43. The molecule has 0 atom stereocenters. The third kappa shape index (κ3) is 2.70. The van der Waals surface area contributed by atoms with Crippen LogP contribution in [0.15, 0.2) is 28.8 Å². The van der Waals surface area contributed by atoms with Crippen molar-refractivity contribution in [2.24, 2.45) is 0 Å². The maximum atomic E-state index is 5.43. The summed E-state index contributed by atoms with van der Waals surface area (Å²) >= 11 is 0. The van der Waals surface area contributed by atoms with Crippen molar-refractivity contribution >= 4 is 5.69 Å². The van der Waals surface area contributed by atoms with Gasteiger partial charge in [-0.05, 0) is 38.4 Å². The number of anilines is 1. The second kappa shape index (κ2) is 5.67. The van der Waals surface area contributed by atoms with E-state index in [9.17, 15) is 0 Å². The van der Waals surface area contributed by atoms with E-state index in [1.54, 1.807) is 0 Å². The molecule has 2 aromatic rings. The third-order valence-corrected chi connectivity index (χ3v) is 3.76. The van der Waals surface area contributed by atoms with E-state index in [1.165, 1.54) is 29.7 Å². The molecule has 0 aliphatic carbocycles. The second-order valence-electron chi connectivity index (χ2n) is 5.47. The molecule has 0 amide bonds. The van der Waals surface area contributed by atoms with Gasteiger partial charge in [0.1, 0.15) is 0 Å². The van der Waals surface area contributed by atoms with E-state index in [-0.39, 0.29) is 0 Å². The third-order valence-electron chi connectivity index (χ3n) is 3.76. The van der Waals surface area contributed by atoms with E-state index in [2.05, 4.69) is 40.5 Å². The van der Waals surface area contributed by atoms with Crippen LogP contribution < -0.4 is 10.2 Å². The minimum atomic E-state index is 0.749. The molecule has 2 heterocycles. The minimum absolute atomic E-state index is 0.749. The first-order valence-electron chi connectivity index (χ1n) is 7.20. The van der Waals surface area contributed by atoms with Crippen molar-refractivity contribution in [2.45, 2.75) is 32.9 Å². The van der Waals surface area contributed by atoms with Gasteiger partial charge in [-0.1, -0.05) is 22.9 Å². The van der Waals surface area contributed by atoms with Crippen LogP contribution in [0.25, 0.3) is 0 Å². The van der Waals surface area contributed by atoms with Crippen molar-refractivity contribution in [3.05, 3.63) is 46.8 Å². The Balaban J connectivity index is 1.78. The van der Waals surface area contributed by atoms with Crippen LogP contribution in [-0.4, -0.2) is 18.7 Å². The highest BCUT2D eigenvalue weighted by atomic mass is 16.5. The fourth-order valence-electron chi connectivity index (χ4n) is 2.85. The van der Waals surface area contributed by atoms with Gasteiger partial charge in [-0.25, -0.2) is 0 Å². The Bertz CT molecular complexity index is 591. The molecule has 4 nitrogen and oxygen atoms in total. The van der Waals surface area contributed by atoms with Crippen molar-refractivity contribution in [3.8, 4) is 0 Å². The predicted molar refractivity (Wildman–Crippen MR) is 79.8 cm³/mol. The highest BCUT2D eigenvalue weighted by Crippen LogP contribution is 2.29. The summed E-state index contributed by atoms with van der Waals surface area (Å²) in [6.07, 6.45) is 2.38. The average molecular weight is 271 g/mol. The first kappa shape index (κ1) is 13.2. The molecular weight excluding hydrogens is 250 g/mol. The highest BCUT2D eigenvalue weighted by Gasteiger charge is 2.18. The van der Waals surface area contributed by atoms with Crippen molar-refractivity contribution in [1.82, 2.24) is 10.5 Å². The van der Waals surface area contributed by atoms with Crippen LogP contribution >= 0.6 is 0 Å². The van der Waals surface area contributed by atoms with Gasteiger partial charge in [-0.15, -0.1) is 0 Å². The van der Waals surface area contributed by atoms with E-state index < -0.39 is 0 Å². The molecule has 0 bridgehead atoms. The number of aromatic nitrogens is 1. The van der Waals surface area contributed by atoms with Crippen molar-refractivity contribution < 1.29 is 4.52 Å². The molecule has 4 heteroatoms. The lowest BCUT2D eigenvalue weighted by Crippen LogP contribution is -2.28. The van der Waals surface area contributed by atoms with Gasteiger partial charge >= 0.3 is 0 Å². The summed E-state index contributed by atoms with van der Waals surface area (Å²) in [5.74, 6) is 0.934. The number of nitrogens with zero attached hydrogens (tertiary/aromatic N) is 2. The van der Waals surface area contributed by atoms with Gasteiger partial charge < -0.3 is 14.7 Å². The lowest BCUT2D eigenvalue weighted by molar-refractivity contribution is 0.373. The Morgan fingerprint density at radius 3 is 3.10 bits per heavy atom. The van der Waals surface area contributed by atoms with Crippen LogP contribution in [0, 0.1) is 6.92 Å². The molecule has 0 fully saturated rings. The zero-order valence-electron chi connectivity index (χ0n) is 12.1. The topological polar surface area (TPSA) is 41.3 Å². The van der Waals surface area contributed by atoms with E-state index in [1.807, 2.05) is 13.1 Å². The summed E-state index contributed by atoms with van der Waals surface area (Å²) in [5.41, 5.74) is 5.09. The largest absolute Gasteiger partial charge is 0.364 e. The summed E-state index contributed by atoms with van der Waals surface area (Å²) in [6, 6.07) is 8.76. The summed E-state index contributed by atoms with van der Waals surface area (Å²) in [6.45, 7) is 4.78. The van der Waals surface area contributed by atoms with Crippen LogP contribution in [0.2, 0.25) is 0 Å². The van der Waals surface area contributed by atoms with E-state index in [4.69, 9.17) is 4.52 Å². The molecule has 0 radical (unpaired) electrons. The molecule has 0 saturated carbocycles. The zero-order valence-corrected chi connectivity index (χ0v) is 12.1. The van der Waals surface area contributed by atoms with Crippen LogP contribution in [0.1, 0.15) is 29.0 Å². The molecule has 1 aromatic carbocycles. The minimum Gasteiger partial charge on any atom is -0.364 e. The number of nitrogens with one attached hydrogen (secondary N) is 1. The normalized spacial score (nSPS) is 14.4. The molecule has 1 N–H and O–H groups in total. The second-order valence-corrected chi connectivity index (χ2v) is 5.47. The molecule has 1 aromatic heterocycles. The van der Waals surface area contributed by atoms with E-state index in [0.717, 1.165) is 31.1 Å². The SMILES string of the molecule is CNCc1cc(CN2CCCc3cc(C)ccc32)on1. The monoisotopic (exact) mass is 271 g/mol. The Kier molecular flexibility index (Phi) is 3.74. The van der Waals surface area contributed by atoms with Gasteiger partial charge in [-0.3, -0.25) is 0 Å². The number of rotatable bonds is 4. The average Bonchev–Trinajstić information content (AvgIpc) is 2.86. The molecule has 0 saturated heterocycles. The van der Waals surface area contributed by atoms with Crippen molar-refractivity contribution in [3.63, 3.8) is 0 Å². The summed E-state index contributed by atoms with van der Waals surface area (Å²) in [5, 5.41) is 7.16. The zero-order chi connectivity index (χ0) is 13.9. The fourth-order valence-corrected chi connectivity index (χ4v) is 2.85. The van der Waals surface area contributed by atoms with Gasteiger partial charge in [0.05, 0.1) is 12.2 Å². The Labute approximate surface area is 119 Å². The standard InChI is InChI=1S/C16H21N3O/c1-12-5-6-16-13(8-12)4-3-7-19(16)11-15-9-14(10-17-2)18-20-15/h5-6,8-9,17H,3-4,7,10-11H2,1-2H3. The molecule has 1 aliphatic heterocycles. The van der Waals surface area contributed by atoms with Gasteiger partial charge in [0.2, 0.25) is 0 Å². The molecule has 1 aliphatic rings. The summed E-state index contributed by atoms with van der Waals surface area (Å²) in [7, 11) is 1.91. The summed E-state index contributed by atoms with van der Waals surface area (Å²) < 4.78 is 5.43. The fraction of sp³-hybridized carbons (Fsp3) is 0.438. The van der Waals surface area contributed by atoms with Crippen molar-refractivity contribution in [2.75, 3.05) is 18.5 Å². The molecule has 20 heavy (non-hydrogen) atoms. The number of benzene rings is 1. The Hall–Kier alpha value is -1.81. The molecule has 0 unspecified atom stereocenters. The van der Waals surface area contributed by atoms with Crippen LogP contribution in [0.3, 0.4) is 0 Å². The number of fused-ring (bicyclic) bond motifs is 1. The number of hydrogen-bond acceptors (Lipinski definition) is 4. The van der Waals surface area contributed by atoms with Gasteiger partial charge in [-0.2, -0.15) is 0 Å². The Morgan fingerprint density at radius 2 is 2.25 bits per heavy atom. The first-order valence-corrected chi connectivity index (χ1v) is 7.20. The first-order chi connectivity index (χ1) is 9.76. The van der Waals surface area contributed by atoms with Crippen LogP contribution in [-0.2, 0) is 19.5 Å². The van der Waals surface area contributed by atoms with Gasteiger partial charge in [0.15, 0.2) is 5.76 Å². The number of aryl methyl sites for hydroxylation is 2. The van der Waals surface area contributed by atoms with E-state index >= 15 is 0 Å². The summed E-state index contributed by atoms with van der Waals surface area (Å²) in [4.78, 5) is 2.39.